The minimum absolute atomic E-state index is 0.518. The Kier molecular flexibility index (Phi) is 2.99. The van der Waals surface area contributed by atoms with E-state index in [9.17, 15) is 0 Å². The molecule has 3 aliphatic heterocycles. The molecule has 0 amide bonds. The van der Waals surface area contributed by atoms with Crippen molar-refractivity contribution in [2.45, 2.75) is 25.8 Å². The molecule has 0 aliphatic carbocycles. The zero-order valence-corrected chi connectivity index (χ0v) is 12.0. The number of fused-ring (bicyclic) bond motifs is 2. The van der Waals surface area contributed by atoms with Gasteiger partial charge >= 0.3 is 0 Å². The predicted octanol–water partition coefficient (Wildman–Crippen LogP) is 2.66. The van der Waals surface area contributed by atoms with Crippen LogP contribution in [0.25, 0.3) is 0 Å². The average Bonchev–Trinajstić information content (AvgIpc) is 2.99. The molecule has 0 radical (unpaired) electrons. The van der Waals surface area contributed by atoms with Crippen LogP contribution in [-0.2, 0) is 0 Å². The first-order chi connectivity index (χ1) is 9.83. The summed E-state index contributed by atoms with van der Waals surface area (Å²) in [5, 5.41) is 3.55. The van der Waals surface area contributed by atoms with Crippen molar-refractivity contribution in [2.24, 2.45) is 5.92 Å². The second-order valence-electron chi connectivity index (χ2n) is 6.13. The number of likely N-dealkylation sites (tertiary alicyclic amines) is 1. The third-order valence-electron chi connectivity index (χ3n) is 4.72. The predicted molar refractivity (Wildman–Crippen MR) is 78.6 cm³/mol. The van der Waals surface area contributed by atoms with Gasteiger partial charge in [-0.15, -0.1) is 0 Å². The Hall–Kier alpha value is -1.42. The number of hydrogen-bond acceptors (Lipinski definition) is 4. The van der Waals surface area contributed by atoms with Gasteiger partial charge in [-0.25, -0.2) is 0 Å². The molecule has 1 fully saturated rings. The van der Waals surface area contributed by atoms with Crippen molar-refractivity contribution >= 4 is 5.69 Å². The third-order valence-corrected chi connectivity index (χ3v) is 4.72. The van der Waals surface area contributed by atoms with Crippen LogP contribution in [0.5, 0.6) is 11.5 Å². The molecule has 0 bridgehead atoms. The number of ether oxygens (including phenoxy) is 2. The molecule has 20 heavy (non-hydrogen) atoms. The van der Waals surface area contributed by atoms with E-state index < -0.39 is 0 Å². The first-order valence-electron chi connectivity index (χ1n) is 7.74. The van der Waals surface area contributed by atoms with Crippen LogP contribution < -0.4 is 14.8 Å². The lowest BCUT2D eigenvalue weighted by atomic mass is 9.88. The maximum atomic E-state index is 5.76. The summed E-state index contributed by atoms with van der Waals surface area (Å²) in [6.45, 7) is 7.14. The van der Waals surface area contributed by atoms with Gasteiger partial charge in [0.05, 0.1) is 0 Å². The van der Waals surface area contributed by atoms with E-state index >= 15 is 0 Å². The second kappa shape index (κ2) is 4.85. The molecule has 0 saturated carbocycles. The Morgan fingerprint density at radius 1 is 1.10 bits per heavy atom. The summed E-state index contributed by atoms with van der Waals surface area (Å²) in [5.41, 5.74) is 2.61. The maximum Gasteiger partial charge on any atom is 0.163 e. The zero-order valence-electron chi connectivity index (χ0n) is 12.0. The van der Waals surface area contributed by atoms with E-state index in [-0.39, 0.29) is 0 Å². The molecule has 3 heterocycles. The van der Waals surface area contributed by atoms with Crippen LogP contribution in [0.1, 0.15) is 31.4 Å². The summed E-state index contributed by atoms with van der Waals surface area (Å²) in [6.07, 6.45) is 2.66. The van der Waals surface area contributed by atoms with Gasteiger partial charge in [0, 0.05) is 24.3 Å². The van der Waals surface area contributed by atoms with Gasteiger partial charge in [0.25, 0.3) is 0 Å². The molecule has 1 N–H and O–H groups in total. The van der Waals surface area contributed by atoms with Crippen molar-refractivity contribution in [1.29, 1.82) is 0 Å². The number of benzene rings is 1. The number of rotatable bonds is 1. The van der Waals surface area contributed by atoms with Gasteiger partial charge in [0.15, 0.2) is 11.5 Å². The van der Waals surface area contributed by atoms with Gasteiger partial charge in [0.1, 0.15) is 13.2 Å². The van der Waals surface area contributed by atoms with Crippen LogP contribution in [0.3, 0.4) is 0 Å². The van der Waals surface area contributed by atoms with Crippen LogP contribution >= 0.6 is 0 Å². The molecule has 1 aromatic carbocycles. The quantitative estimate of drug-likeness (QED) is 0.853. The standard InChI is InChI=1S/C16H22N2O2/c1-11-10-17-13-9-15-14(19-6-7-20-15)8-12(13)16(11)18-4-2-3-5-18/h8-9,11,16-17H,2-7,10H2,1H3. The fraction of sp³-hybridized carbons (Fsp3) is 0.625. The topological polar surface area (TPSA) is 33.7 Å². The van der Waals surface area contributed by atoms with E-state index in [1.165, 1.54) is 37.2 Å². The van der Waals surface area contributed by atoms with Crippen LogP contribution in [0.15, 0.2) is 12.1 Å². The molecule has 4 nitrogen and oxygen atoms in total. The molecule has 0 spiro atoms. The molecule has 0 aromatic heterocycles. The largest absolute Gasteiger partial charge is 0.486 e. The van der Waals surface area contributed by atoms with E-state index in [2.05, 4.69) is 29.3 Å². The lowest BCUT2D eigenvalue weighted by Gasteiger charge is -2.39. The number of hydrogen-bond donors (Lipinski definition) is 1. The van der Waals surface area contributed by atoms with Crippen LogP contribution in [0.2, 0.25) is 0 Å². The normalized spacial score (nSPS) is 28.9. The van der Waals surface area contributed by atoms with E-state index in [0.717, 1.165) is 18.0 Å². The molecule has 3 aliphatic rings. The van der Waals surface area contributed by atoms with Gasteiger partial charge < -0.3 is 14.8 Å². The van der Waals surface area contributed by atoms with Crippen molar-refractivity contribution in [3.8, 4) is 11.5 Å². The summed E-state index contributed by atoms with van der Waals surface area (Å²) in [4.78, 5) is 2.64. The summed E-state index contributed by atoms with van der Waals surface area (Å²) in [5.74, 6) is 2.43. The Balaban J connectivity index is 1.75. The van der Waals surface area contributed by atoms with Gasteiger partial charge in [-0.2, -0.15) is 0 Å². The van der Waals surface area contributed by atoms with Crippen LogP contribution in [-0.4, -0.2) is 37.7 Å². The Bertz CT molecular complexity index is 511. The van der Waals surface area contributed by atoms with Crippen molar-refractivity contribution in [2.75, 3.05) is 38.2 Å². The minimum atomic E-state index is 0.518. The van der Waals surface area contributed by atoms with Crippen molar-refractivity contribution < 1.29 is 9.47 Å². The molecule has 1 saturated heterocycles. The van der Waals surface area contributed by atoms with Gasteiger partial charge in [0.2, 0.25) is 0 Å². The van der Waals surface area contributed by atoms with Crippen LogP contribution in [0, 0.1) is 5.92 Å². The fourth-order valence-electron chi connectivity index (χ4n) is 3.77. The Morgan fingerprint density at radius 2 is 1.80 bits per heavy atom. The number of nitrogens with zero attached hydrogens (tertiary/aromatic N) is 1. The lowest BCUT2D eigenvalue weighted by molar-refractivity contribution is 0.166. The molecule has 4 rings (SSSR count). The Morgan fingerprint density at radius 3 is 2.55 bits per heavy atom. The maximum absolute atomic E-state index is 5.76. The summed E-state index contributed by atoms with van der Waals surface area (Å²) >= 11 is 0. The highest BCUT2D eigenvalue weighted by Crippen LogP contribution is 2.44. The molecule has 1 aromatic rings. The van der Waals surface area contributed by atoms with Gasteiger partial charge in [-0.3, -0.25) is 4.90 Å². The molecule has 2 atom stereocenters. The van der Waals surface area contributed by atoms with Crippen molar-refractivity contribution in [3.63, 3.8) is 0 Å². The highest BCUT2D eigenvalue weighted by atomic mass is 16.6. The molecule has 108 valence electrons. The van der Waals surface area contributed by atoms with Crippen molar-refractivity contribution in [1.82, 2.24) is 4.90 Å². The average molecular weight is 274 g/mol. The zero-order chi connectivity index (χ0) is 13.5. The summed E-state index contributed by atoms with van der Waals surface area (Å²) in [7, 11) is 0. The Labute approximate surface area is 120 Å². The van der Waals surface area contributed by atoms with E-state index in [4.69, 9.17) is 9.47 Å². The lowest BCUT2D eigenvalue weighted by Crippen LogP contribution is -2.37. The first kappa shape index (κ1) is 12.3. The minimum Gasteiger partial charge on any atom is -0.486 e. The van der Waals surface area contributed by atoms with Crippen molar-refractivity contribution in [3.05, 3.63) is 17.7 Å². The van der Waals surface area contributed by atoms with Gasteiger partial charge in [-0.1, -0.05) is 6.92 Å². The SMILES string of the molecule is CC1CNc2cc3c(cc2C1N1CCCC1)OCCO3. The monoisotopic (exact) mass is 274 g/mol. The molecular formula is C16H22N2O2. The molecule has 2 unspecified atom stereocenters. The fourth-order valence-corrected chi connectivity index (χ4v) is 3.77. The van der Waals surface area contributed by atoms with E-state index in [0.29, 0.717) is 25.2 Å². The summed E-state index contributed by atoms with van der Waals surface area (Å²) < 4.78 is 11.5. The van der Waals surface area contributed by atoms with Crippen LogP contribution in [0.4, 0.5) is 5.69 Å². The van der Waals surface area contributed by atoms with E-state index in [1.54, 1.807) is 0 Å². The highest BCUT2D eigenvalue weighted by Gasteiger charge is 2.34. The smallest absolute Gasteiger partial charge is 0.163 e. The first-order valence-corrected chi connectivity index (χ1v) is 7.74. The highest BCUT2D eigenvalue weighted by molar-refractivity contribution is 5.63. The van der Waals surface area contributed by atoms with E-state index in [1.807, 2.05) is 0 Å². The second-order valence-corrected chi connectivity index (χ2v) is 6.13. The number of nitrogens with one attached hydrogen (secondary N) is 1. The third kappa shape index (κ3) is 1.94. The molecular weight excluding hydrogens is 252 g/mol. The summed E-state index contributed by atoms with van der Waals surface area (Å²) in [6, 6.07) is 4.85. The number of anilines is 1. The van der Waals surface area contributed by atoms with Gasteiger partial charge in [-0.05, 0) is 43.5 Å². The molecule has 4 heteroatoms.